The molecule has 1 aromatic heterocycles. The number of rotatable bonds is 5. The van der Waals surface area contributed by atoms with Crippen LogP contribution in [0, 0.1) is 6.92 Å². The first-order valence-electron chi connectivity index (χ1n) is 8.56. The maximum atomic E-state index is 12.5. The average Bonchev–Trinajstić information content (AvgIpc) is 3.00. The van der Waals surface area contributed by atoms with Gasteiger partial charge in [-0.3, -0.25) is 14.2 Å². The fourth-order valence-electron chi connectivity index (χ4n) is 2.67. The number of anilines is 2. The number of H-pyrrole nitrogens is 1. The molecule has 0 fully saturated rings. The Morgan fingerprint density at radius 3 is 2.30 bits per heavy atom. The van der Waals surface area contributed by atoms with E-state index in [0.29, 0.717) is 29.0 Å². The van der Waals surface area contributed by atoms with E-state index in [0.717, 1.165) is 5.69 Å². The summed E-state index contributed by atoms with van der Waals surface area (Å²) in [4.78, 5) is 38.4. The van der Waals surface area contributed by atoms with Crippen LogP contribution in [0.4, 0.5) is 11.4 Å². The third kappa shape index (κ3) is 4.14. The van der Waals surface area contributed by atoms with Crippen molar-refractivity contribution >= 4 is 23.2 Å². The summed E-state index contributed by atoms with van der Waals surface area (Å²) in [5.41, 5.74) is 2.90. The minimum Gasteiger partial charge on any atom is -0.326 e. The molecule has 0 radical (unpaired) electrons. The highest BCUT2D eigenvalue weighted by Gasteiger charge is 2.09. The number of hydrogen-bond acceptors (Lipinski definition) is 3. The van der Waals surface area contributed by atoms with E-state index in [9.17, 15) is 14.4 Å². The Balaban J connectivity index is 1.74. The van der Waals surface area contributed by atoms with Crippen molar-refractivity contribution in [3.05, 3.63) is 76.5 Å². The van der Waals surface area contributed by atoms with Gasteiger partial charge in [0.25, 0.3) is 5.91 Å². The molecule has 7 heteroatoms. The summed E-state index contributed by atoms with van der Waals surface area (Å²) in [5, 5.41) is 5.56. The van der Waals surface area contributed by atoms with E-state index in [-0.39, 0.29) is 17.5 Å². The van der Waals surface area contributed by atoms with Crippen LogP contribution in [0.2, 0.25) is 0 Å². The lowest BCUT2D eigenvalue weighted by Crippen LogP contribution is -2.16. The second-order valence-corrected chi connectivity index (χ2v) is 6.05. The zero-order valence-corrected chi connectivity index (χ0v) is 15.1. The Labute approximate surface area is 156 Å². The highest BCUT2D eigenvalue weighted by Crippen LogP contribution is 2.17. The molecule has 3 N–H and O–H groups in total. The topological polar surface area (TPSA) is 96.0 Å². The molecular weight excluding hydrogens is 344 g/mol. The Kier molecular flexibility index (Phi) is 5.21. The first-order valence-corrected chi connectivity index (χ1v) is 8.56. The van der Waals surface area contributed by atoms with E-state index in [4.69, 9.17) is 0 Å². The van der Waals surface area contributed by atoms with Crippen molar-refractivity contribution in [3.8, 4) is 5.69 Å². The maximum Gasteiger partial charge on any atom is 0.330 e. The molecule has 0 atom stereocenters. The van der Waals surface area contributed by atoms with Gasteiger partial charge in [0.2, 0.25) is 5.91 Å². The third-order valence-electron chi connectivity index (χ3n) is 4.07. The van der Waals surface area contributed by atoms with Gasteiger partial charge in [0, 0.05) is 35.2 Å². The molecule has 7 nitrogen and oxygen atoms in total. The van der Waals surface area contributed by atoms with Gasteiger partial charge in [-0.15, -0.1) is 0 Å². The number of carbonyl (C=O) groups is 2. The Hall–Kier alpha value is -3.61. The van der Waals surface area contributed by atoms with Crippen molar-refractivity contribution in [1.82, 2.24) is 9.55 Å². The lowest BCUT2D eigenvalue weighted by molar-refractivity contribution is -0.115. The molecule has 0 saturated heterocycles. The predicted molar refractivity (Wildman–Crippen MR) is 104 cm³/mol. The van der Waals surface area contributed by atoms with Crippen LogP contribution < -0.4 is 16.3 Å². The van der Waals surface area contributed by atoms with Crippen molar-refractivity contribution in [3.63, 3.8) is 0 Å². The van der Waals surface area contributed by atoms with E-state index in [1.807, 2.05) is 6.92 Å². The maximum absolute atomic E-state index is 12.5. The predicted octanol–water partition coefficient (Wildman–Crippen LogP) is 3.07. The summed E-state index contributed by atoms with van der Waals surface area (Å²) in [6.07, 6.45) is 2.01. The second-order valence-electron chi connectivity index (χ2n) is 6.05. The summed E-state index contributed by atoms with van der Waals surface area (Å²) in [6.45, 7) is 3.59. The molecule has 2 aromatic carbocycles. The number of benzene rings is 2. The molecule has 3 rings (SSSR count). The van der Waals surface area contributed by atoms with Gasteiger partial charge in [0.05, 0.1) is 5.69 Å². The van der Waals surface area contributed by atoms with Gasteiger partial charge in [-0.2, -0.15) is 0 Å². The highest BCUT2D eigenvalue weighted by atomic mass is 16.2. The SMILES string of the molecule is CCC(=O)Nc1cccc(NC(=O)c2ccc(-n3c(C)c[nH]c3=O)cc2)c1. The molecule has 27 heavy (non-hydrogen) atoms. The lowest BCUT2D eigenvalue weighted by Gasteiger charge is -2.09. The minimum atomic E-state index is -0.279. The highest BCUT2D eigenvalue weighted by molar-refractivity contribution is 6.04. The van der Waals surface area contributed by atoms with E-state index in [1.54, 1.807) is 61.7 Å². The van der Waals surface area contributed by atoms with Crippen LogP contribution in [-0.2, 0) is 4.79 Å². The zero-order valence-electron chi connectivity index (χ0n) is 15.1. The van der Waals surface area contributed by atoms with Crippen LogP contribution in [0.15, 0.2) is 59.5 Å². The number of aromatic amines is 1. The molecule has 0 unspecified atom stereocenters. The lowest BCUT2D eigenvalue weighted by atomic mass is 10.2. The molecule has 0 bridgehead atoms. The smallest absolute Gasteiger partial charge is 0.326 e. The van der Waals surface area contributed by atoms with Gasteiger partial charge in [-0.25, -0.2) is 4.79 Å². The first kappa shape index (κ1) is 18.2. The summed E-state index contributed by atoms with van der Waals surface area (Å²) in [5.74, 6) is -0.372. The molecule has 3 aromatic rings. The minimum absolute atomic E-state index is 0.0932. The fourth-order valence-corrected chi connectivity index (χ4v) is 2.67. The van der Waals surface area contributed by atoms with E-state index < -0.39 is 0 Å². The van der Waals surface area contributed by atoms with Crippen molar-refractivity contribution in [2.45, 2.75) is 20.3 Å². The molecule has 0 aliphatic rings. The largest absolute Gasteiger partial charge is 0.330 e. The van der Waals surface area contributed by atoms with Gasteiger partial charge < -0.3 is 15.6 Å². The Bertz CT molecular complexity index is 1030. The van der Waals surface area contributed by atoms with Gasteiger partial charge >= 0.3 is 5.69 Å². The van der Waals surface area contributed by atoms with Crippen molar-refractivity contribution < 1.29 is 9.59 Å². The standard InChI is InChI=1S/C20H20N4O3/c1-3-18(25)22-15-5-4-6-16(11-15)23-19(26)14-7-9-17(10-8-14)24-13(2)12-21-20(24)27/h4-12H,3H2,1-2H3,(H,21,27)(H,22,25)(H,23,26). The first-order chi connectivity index (χ1) is 13.0. The van der Waals surface area contributed by atoms with Crippen molar-refractivity contribution in [2.75, 3.05) is 10.6 Å². The third-order valence-corrected chi connectivity index (χ3v) is 4.07. The second kappa shape index (κ2) is 7.74. The van der Waals surface area contributed by atoms with Crippen LogP contribution in [0.25, 0.3) is 5.69 Å². The Morgan fingerprint density at radius 1 is 1.04 bits per heavy atom. The van der Waals surface area contributed by atoms with E-state index in [1.165, 1.54) is 4.57 Å². The summed E-state index contributed by atoms with van der Waals surface area (Å²) in [6, 6.07) is 13.7. The molecular formula is C20H20N4O3. The Morgan fingerprint density at radius 2 is 1.70 bits per heavy atom. The van der Waals surface area contributed by atoms with Crippen molar-refractivity contribution in [1.29, 1.82) is 0 Å². The molecule has 1 heterocycles. The van der Waals surface area contributed by atoms with E-state index >= 15 is 0 Å². The number of aromatic nitrogens is 2. The van der Waals surface area contributed by atoms with Crippen LogP contribution in [0.5, 0.6) is 0 Å². The van der Waals surface area contributed by atoms with E-state index in [2.05, 4.69) is 15.6 Å². The van der Waals surface area contributed by atoms with Crippen molar-refractivity contribution in [2.24, 2.45) is 0 Å². The number of imidazole rings is 1. The average molecular weight is 364 g/mol. The van der Waals surface area contributed by atoms with Gasteiger partial charge in [0.15, 0.2) is 0 Å². The van der Waals surface area contributed by atoms with Gasteiger partial charge in [-0.1, -0.05) is 13.0 Å². The number of amides is 2. The van der Waals surface area contributed by atoms with Crippen LogP contribution >= 0.6 is 0 Å². The molecule has 0 spiro atoms. The van der Waals surface area contributed by atoms with Crippen LogP contribution in [-0.4, -0.2) is 21.4 Å². The quantitative estimate of drug-likeness (QED) is 0.649. The normalized spacial score (nSPS) is 10.4. The molecule has 138 valence electrons. The number of aryl methyl sites for hydroxylation is 1. The summed E-state index contributed by atoms with van der Waals surface area (Å²) in [7, 11) is 0. The number of carbonyl (C=O) groups excluding carboxylic acids is 2. The molecule has 0 aliphatic carbocycles. The zero-order chi connectivity index (χ0) is 19.4. The summed E-state index contributed by atoms with van der Waals surface area (Å²) >= 11 is 0. The molecule has 0 aliphatic heterocycles. The monoisotopic (exact) mass is 364 g/mol. The summed E-state index contributed by atoms with van der Waals surface area (Å²) < 4.78 is 1.53. The van der Waals surface area contributed by atoms with Gasteiger partial charge in [-0.05, 0) is 49.4 Å². The number of hydrogen-bond donors (Lipinski definition) is 3. The number of nitrogens with one attached hydrogen (secondary N) is 3. The molecule has 2 amide bonds. The number of nitrogens with zero attached hydrogens (tertiary/aromatic N) is 1. The molecule has 0 saturated carbocycles. The fraction of sp³-hybridized carbons (Fsp3) is 0.150. The van der Waals surface area contributed by atoms with Crippen LogP contribution in [0.3, 0.4) is 0 Å². The van der Waals surface area contributed by atoms with Gasteiger partial charge in [0.1, 0.15) is 0 Å². The van der Waals surface area contributed by atoms with Crippen LogP contribution in [0.1, 0.15) is 29.4 Å².